The third kappa shape index (κ3) is 6.71. The van der Waals surface area contributed by atoms with Crippen molar-refractivity contribution in [3.8, 4) is 90.3 Å². The smallest absolute Gasteiger partial charge is 0.164 e. The van der Waals surface area contributed by atoms with E-state index in [1.807, 2.05) is 103 Å². The van der Waals surface area contributed by atoms with Crippen LogP contribution < -0.4 is 0 Å². The van der Waals surface area contributed by atoms with Gasteiger partial charge in [0.05, 0.1) is 22.8 Å². The molecule has 10 aromatic rings. The normalized spacial score (nSPS) is 11.1. The first-order valence-electron chi connectivity index (χ1n) is 19.3. The van der Waals surface area contributed by atoms with Crippen LogP contribution in [0.5, 0.6) is 0 Å². The Morgan fingerprint density at radius 3 is 1.12 bits per heavy atom. The minimum Gasteiger partial charge on any atom is -0.243 e. The molecule has 0 unspecified atom stereocenters. The molecule has 0 N–H and O–H groups in total. The Balaban J connectivity index is 1.22. The van der Waals surface area contributed by atoms with E-state index in [1.54, 1.807) is 0 Å². The molecule has 0 radical (unpaired) electrons. The lowest BCUT2D eigenvalue weighted by atomic mass is 9.91. The Labute approximate surface area is 337 Å². The van der Waals surface area contributed by atoms with Crippen molar-refractivity contribution in [2.75, 3.05) is 0 Å². The van der Waals surface area contributed by atoms with Crippen LogP contribution in [0, 0.1) is 0 Å². The first kappa shape index (κ1) is 34.6. The van der Waals surface area contributed by atoms with Gasteiger partial charge in [-0.1, -0.05) is 200 Å². The summed E-state index contributed by atoms with van der Waals surface area (Å²) < 4.78 is 0. The van der Waals surface area contributed by atoms with Crippen molar-refractivity contribution in [1.82, 2.24) is 24.9 Å². The van der Waals surface area contributed by atoms with E-state index in [4.69, 9.17) is 24.9 Å². The summed E-state index contributed by atoms with van der Waals surface area (Å²) in [6.07, 6.45) is 0. The van der Waals surface area contributed by atoms with Gasteiger partial charge in [-0.15, -0.1) is 0 Å². The average molecular weight is 742 g/mol. The van der Waals surface area contributed by atoms with E-state index in [9.17, 15) is 0 Å². The maximum atomic E-state index is 5.54. The predicted octanol–water partition coefficient (Wildman–Crippen LogP) is 13.2. The zero-order valence-electron chi connectivity index (χ0n) is 31.4. The van der Waals surface area contributed by atoms with Crippen molar-refractivity contribution >= 4 is 10.8 Å². The quantitative estimate of drug-likeness (QED) is 0.155. The number of nitrogens with zero attached hydrogens (tertiary/aromatic N) is 5. The highest BCUT2D eigenvalue weighted by molar-refractivity contribution is 6.04. The molecule has 0 aliphatic heterocycles. The summed E-state index contributed by atoms with van der Waals surface area (Å²) in [6, 6.07) is 72.6. The van der Waals surface area contributed by atoms with E-state index in [0.717, 1.165) is 83.6 Å². The van der Waals surface area contributed by atoms with Gasteiger partial charge >= 0.3 is 0 Å². The Morgan fingerprint density at radius 1 is 0.241 bits per heavy atom. The zero-order chi connectivity index (χ0) is 38.7. The van der Waals surface area contributed by atoms with Gasteiger partial charge in [-0.05, 0) is 28.5 Å². The molecule has 2 aromatic heterocycles. The molecule has 0 bridgehead atoms. The molecule has 0 saturated heterocycles. The van der Waals surface area contributed by atoms with Crippen molar-refractivity contribution < 1.29 is 0 Å². The van der Waals surface area contributed by atoms with Gasteiger partial charge in [0.15, 0.2) is 17.5 Å². The number of hydrogen-bond acceptors (Lipinski definition) is 5. The van der Waals surface area contributed by atoms with Crippen molar-refractivity contribution in [2.24, 2.45) is 0 Å². The van der Waals surface area contributed by atoms with Gasteiger partial charge < -0.3 is 0 Å². The molecule has 0 amide bonds. The first-order chi connectivity index (χ1) is 28.8. The fourth-order valence-electron chi connectivity index (χ4n) is 7.55. The molecule has 58 heavy (non-hydrogen) atoms. The molecule has 0 fully saturated rings. The largest absolute Gasteiger partial charge is 0.243 e. The Morgan fingerprint density at radius 2 is 0.621 bits per heavy atom. The molecule has 2 heterocycles. The topological polar surface area (TPSA) is 64.5 Å². The maximum Gasteiger partial charge on any atom is 0.164 e. The van der Waals surface area contributed by atoms with Crippen LogP contribution in [0.15, 0.2) is 212 Å². The second-order valence-electron chi connectivity index (χ2n) is 14.0. The summed E-state index contributed by atoms with van der Waals surface area (Å²) in [5.74, 6) is 1.83. The third-order valence-corrected chi connectivity index (χ3v) is 10.3. The molecule has 0 saturated carbocycles. The van der Waals surface area contributed by atoms with Gasteiger partial charge in [-0.2, -0.15) is 0 Å². The van der Waals surface area contributed by atoms with Crippen LogP contribution in [-0.4, -0.2) is 24.9 Å². The summed E-state index contributed by atoms with van der Waals surface area (Å²) in [5.41, 5.74) is 12.0. The van der Waals surface area contributed by atoms with Gasteiger partial charge in [0, 0.05) is 44.5 Å². The molecule has 10 rings (SSSR count). The van der Waals surface area contributed by atoms with E-state index in [-0.39, 0.29) is 0 Å². The van der Waals surface area contributed by atoms with Crippen molar-refractivity contribution in [2.45, 2.75) is 0 Å². The lowest BCUT2D eigenvalue weighted by Gasteiger charge is -2.18. The van der Waals surface area contributed by atoms with Gasteiger partial charge in [0.25, 0.3) is 0 Å². The molecule has 0 spiro atoms. The summed E-state index contributed by atoms with van der Waals surface area (Å²) in [5, 5.41) is 2.22. The number of aromatic nitrogens is 5. The van der Waals surface area contributed by atoms with E-state index in [2.05, 4.69) is 109 Å². The Bertz CT molecular complexity index is 2970. The minimum atomic E-state index is 0.599. The van der Waals surface area contributed by atoms with Crippen LogP contribution in [0.2, 0.25) is 0 Å². The van der Waals surface area contributed by atoms with E-state index >= 15 is 0 Å². The van der Waals surface area contributed by atoms with Crippen LogP contribution in [-0.2, 0) is 0 Å². The molecule has 0 atom stereocenters. The number of hydrogen-bond donors (Lipinski definition) is 0. The fourth-order valence-corrected chi connectivity index (χ4v) is 7.55. The van der Waals surface area contributed by atoms with Crippen LogP contribution in [0.1, 0.15) is 0 Å². The van der Waals surface area contributed by atoms with Crippen LogP contribution in [0.4, 0.5) is 0 Å². The molecular formula is C53H35N5. The van der Waals surface area contributed by atoms with Gasteiger partial charge in [-0.25, -0.2) is 24.9 Å². The van der Waals surface area contributed by atoms with E-state index in [1.165, 1.54) is 0 Å². The van der Waals surface area contributed by atoms with Gasteiger partial charge in [0.1, 0.15) is 0 Å². The van der Waals surface area contributed by atoms with Gasteiger partial charge in [0.2, 0.25) is 0 Å². The highest BCUT2D eigenvalue weighted by atomic mass is 15.0. The fraction of sp³-hybridized carbons (Fsp3) is 0. The molecular weight excluding hydrogens is 707 g/mol. The number of fused-ring (bicyclic) bond motifs is 1. The van der Waals surface area contributed by atoms with Crippen molar-refractivity contribution in [3.63, 3.8) is 0 Å². The standard InChI is InChI=1S/C53H35N5/c1-6-20-37(21-7-1)47-48(38-22-8-2-9-23-38)55-50(49(54-47)39-24-10-3-11-25-39)43-31-18-30-42(35-43)46-44-32-17-16-19-36(44)33-34-45(46)53-57-51(40-26-12-4-13-27-40)56-52(58-53)41-28-14-5-15-29-41/h1-35H. The lowest BCUT2D eigenvalue weighted by molar-refractivity contribution is 1.07. The number of rotatable bonds is 8. The first-order valence-corrected chi connectivity index (χ1v) is 19.3. The van der Waals surface area contributed by atoms with E-state index < -0.39 is 0 Å². The van der Waals surface area contributed by atoms with Crippen LogP contribution in [0.3, 0.4) is 0 Å². The minimum absolute atomic E-state index is 0.599. The highest BCUT2D eigenvalue weighted by Gasteiger charge is 2.22. The SMILES string of the molecule is c1ccc(-c2nc(-c3ccccc3)nc(-c3ccc4ccccc4c3-c3cccc(-c4nc(-c5ccccc5)c(-c5ccccc5)nc4-c4ccccc4)c3)n2)cc1. The third-order valence-electron chi connectivity index (χ3n) is 10.3. The van der Waals surface area contributed by atoms with Crippen molar-refractivity contribution in [3.05, 3.63) is 212 Å². The second-order valence-corrected chi connectivity index (χ2v) is 14.0. The monoisotopic (exact) mass is 741 g/mol. The molecule has 8 aromatic carbocycles. The molecule has 0 aliphatic rings. The molecule has 0 aliphatic carbocycles. The Hall–Kier alpha value is -7.89. The summed E-state index contributed by atoms with van der Waals surface area (Å²) >= 11 is 0. The van der Waals surface area contributed by atoms with Gasteiger partial charge in [-0.3, -0.25) is 0 Å². The molecule has 272 valence electrons. The van der Waals surface area contributed by atoms with Crippen molar-refractivity contribution in [1.29, 1.82) is 0 Å². The number of benzene rings is 8. The summed E-state index contributed by atoms with van der Waals surface area (Å²) in [7, 11) is 0. The Kier molecular flexibility index (Phi) is 9.14. The predicted molar refractivity (Wildman–Crippen MR) is 236 cm³/mol. The second kappa shape index (κ2) is 15.3. The highest BCUT2D eigenvalue weighted by Crippen LogP contribution is 2.42. The molecule has 5 heteroatoms. The van der Waals surface area contributed by atoms with E-state index in [0.29, 0.717) is 17.5 Å². The summed E-state index contributed by atoms with van der Waals surface area (Å²) in [4.78, 5) is 26.3. The summed E-state index contributed by atoms with van der Waals surface area (Å²) in [6.45, 7) is 0. The maximum absolute atomic E-state index is 5.54. The average Bonchev–Trinajstić information content (AvgIpc) is 3.32. The molecule has 5 nitrogen and oxygen atoms in total. The van der Waals surface area contributed by atoms with Crippen LogP contribution >= 0.6 is 0 Å². The lowest BCUT2D eigenvalue weighted by Crippen LogP contribution is -2.02. The van der Waals surface area contributed by atoms with Crippen LogP contribution in [0.25, 0.3) is 101 Å². The zero-order valence-corrected chi connectivity index (χ0v) is 31.4.